The lowest BCUT2D eigenvalue weighted by Gasteiger charge is -2.15. The Morgan fingerprint density at radius 3 is 2.47 bits per heavy atom. The molecule has 1 aromatic heterocycles. The fourth-order valence-corrected chi connectivity index (χ4v) is 1.66. The maximum atomic E-state index is 13.4. The van der Waals surface area contributed by atoms with Gasteiger partial charge < -0.3 is 9.73 Å². The second-order valence-electron chi connectivity index (χ2n) is 3.93. The van der Waals surface area contributed by atoms with Crippen molar-refractivity contribution in [2.24, 2.45) is 0 Å². The van der Waals surface area contributed by atoms with Gasteiger partial charge in [0, 0.05) is 12.5 Å². The van der Waals surface area contributed by atoms with Crippen molar-refractivity contribution in [1.82, 2.24) is 0 Å². The van der Waals surface area contributed by atoms with Crippen LogP contribution >= 0.6 is 0 Å². The van der Waals surface area contributed by atoms with E-state index in [-0.39, 0.29) is 11.7 Å². The second kappa shape index (κ2) is 4.99. The average Bonchev–Trinajstić information content (AvgIpc) is 2.76. The first-order valence-electron chi connectivity index (χ1n) is 5.39. The summed E-state index contributed by atoms with van der Waals surface area (Å²) in [5, 5.41) is 2.81. The van der Waals surface area contributed by atoms with Gasteiger partial charge in [-0.15, -0.1) is 0 Å². The number of halogens is 2. The van der Waals surface area contributed by atoms with Gasteiger partial charge in [-0.05, 0) is 31.2 Å². The van der Waals surface area contributed by atoms with Crippen LogP contribution in [-0.2, 0) is 6.42 Å². The maximum Gasteiger partial charge on any atom is 0.149 e. The highest BCUT2D eigenvalue weighted by atomic mass is 19.1. The van der Waals surface area contributed by atoms with Crippen LogP contribution in [0.5, 0.6) is 0 Å². The van der Waals surface area contributed by atoms with Gasteiger partial charge in [-0.25, -0.2) is 8.78 Å². The van der Waals surface area contributed by atoms with Crippen LogP contribution in [0, 0.1) is 11.6 Å². The molecule has 0 bridgehead atoms. The molecule has 0 amide bonds. The van der Waals surface area contributed by atoms with Crippen molar-refractivity contribution in [3.63, 3.8) is 0 Å². The van der Waals surface area contributed by atoms with Crippen LogP contribution in [0.4, 0.5) is 14.5 Å². The summed E-state index contributed by atoms with van der Waals surface area (Å²) in [6, 6.07) is 7.29. The van der Waals surface area contributed by atoms with E-state index in [1.165, 1.54) is 18.2 Å². The topological polar surface area (TPSA) is 25.2 Å². The third-order valence-electron chi connectivity index (χ3n) is 2.44. The predicted octanol–water partition coefficient (Wildman–Crippen LogP) is 3.60. The van der Waals surface area contributed by atoms with Crippen LogP contribution in [-0.4, -0.2) is 6.04 Å². The Balaban J connectivity index is 2.05. The lowest BCUT2D eigenvalue weighted by Crippen LogP contribution is -2.19. The summed E-state index contributed by atoms with van der Waals surface area (Å²) in [7, 11) is 0. The van der Waals surface area contributed by atoms with E-state index in [1.54, 1.807) is 12.3 Å². The number of benzene rings is 1. The van der Waals surface area contributed by atoms with Crippen molar-refractivity contribution in [1.29, 1.82) is 0 Å². The highest BCUT2D eigenvalue weighted by molar-refractivity contribution is 5.46. The SMILES string of the molecule is CC(Cc1ccco1)Nc1c(F)cccc1F. The minimum absolute atomic E-state index is 0.0912. The predicted molar refractivity (Wildman–Crippen MR) is 61.9 cm³/mol. The van der Waals surface area contributed by atoms with Crippen molar-refractivity contribution < 1.29 is 13.2 Å². The molecule has 1 heterocycles. The van der Waals surface area contributed by atoms with E-state index >= 15 is 0 Å². The normalized spacial score (nSPS) is 12.4. The van der Waals surface area contributed by atoms with Gasteiger partial charge in [-0.2, -0.15) is 0 Å². The van der Waals surface area contributed by atoms with E-state index in [0.717, 1.165) is 5.76 Å². The number of nitrogens with one attached hydrogen (secondary N) is 1. The van der Waals surface area contributed by atoms with E-state index in [0.29, 0.717) is 6.42 Å². The number of furan rings is 1. The number of hydrogen-bond acceptors (Lipinski definition) is 2. The molecule has 0 saturated carbocycles. The molecule has 0 spiro atoms. The molecular weight excluding hydrogens is 224 g/mol. The molecule has 2 aromatic rings. The summed E-state index contributed by atoms with van der Waals surface area (Å²) in [5.41, 5.74) is -0.0912. The minimum atomic E-state index is -0.587. The summed E-state index contributed by atoms with van der Waals surface area (Å²) < 4.78 is 31.9. The smallest absolute Gasteiger partial charge is 0.149 e. The van der Waals surface area contributed by atoms with Crippen LogP contribution in [0.3, 0.4) is 0 Å². The van der Waals surface area contributed by atoms with E-state index in [2.05, 4.69) is 5.32 Å². The molecule has 90 valence electrons. The molecule has 1 unspecified atom stereocenters. The number of hydrogen-bond donors (Lipinski definition) is 1. The molecule has 0 aliphatic carbocycles. The lowest BCUT2D eigenvalue weighted by molar-refractivity contribution is 0.495. The van der Waals surface area contributed by atoms with Gasteiger partial charge in [0.1, 0.15) is 23.1 Å². The molecule has 1 N–H and O–H groups in total. The zero-order chi connectivity index (χ0) is 12.3. The highest BCUT2D eigenvalue weighted by Gasteiger charge is 2.12. The number of rotatable bonds is 4. The summed E-state index contributed by atoms with van der Waals surface area (Å²) in [4.78, 5) is 0. The Bertz CT molecular complexity index is 462. The standard InChI is InChI=1S/C13H13F2NO/c1-9(8-10-4-3-7-17-10)16-13-11(14)5-2-6-12(13)15/h2-7,9,16H,8H2,1H3. The Morgan fingerprint density at radius 2 is 1.88 bits per heavy atom. The van der Waals surface area contributed by atoms with E-state index in [4.69, 9.17) is 4.42 Å². The van der Waals surface area contributed by atoms with E-state index in [9.17, 15) is 8.78 Å². The van der Waals surface area contributed by atoms with Gasteiger partial charge in [-0.3, -0.25) is 0 Å². The van der Waals surface area contributed by atoms with Crippen molar-refractivity contribution >= 4 is 5.69 Å². The van der Waals surface area contributed by atoms with Crippen LogP contribution in [0.2, 0.25) is 0 Å². The lowest BCUT2D eigenvalue weighted by atomic mass is 10.2. The molecule has 2 rings (SSSR count). The largest absolute Gasteiger partial charge is 0.469 e. The molecule has 17 heavy (non-hydrogen) atoms. The number of para-hydroxylation sites is 1. The second-order valence-corrected chi connectivity index (χ2v) is 3.93. The zero-order valence-electron chi connectivity index (χ0n) is 9.41. The van der Waals surface area contributed by atoms with Gasteiger partial charge in [0.05, 0.1) is 6.26 Å². The Labute approximate surface area is 98.3 Å². The first kappa shape index (κ1) is 11.6. The fourth-order valence-electron chi connectivity index (χ4n) is 1.66. The van der Waals surface area contributed by atoms with Crippen LogP contribution in [0.15, 0.2) is 41.0 Å². The number of anilines is 1. The highest BCUT2D eigenvalue weighted by Crippen LogP contribution is 2.19. The van der Waals surface area contributed by atoms with Gasteiger partial charge in [0.15, 0.2) is 0 Å². The van der Waals surface area contributed by atoms with Crippen LogP contribution in [0.1, 0.15) is 12.7 Å². The molecule has 4 heteroatoms. The molecule has 2 nitrogen and oxygen atoms in total. The molecule has 0 aliphatic heterocycles. The first-order valence-corrected chi connectivity index (χ1v) is 5.39. The molecular formula is C13H13F2NO. The molecule has 0 radical (unpaired) electrons. The first-order chi connectivity index (χ1) is 8.16. The third-order valence-corrected chi connectivity index (χ3v) is 2.44. The van der Waals surface area contributed by atoms with Crippen molar-refractivity contribution in [3.8, 4) is 0 Å². The van der Waals surface area contributed by atoms with Crippen molar-refractivity contribution in [3.05, 3.63) is 54.0 Å². The van der Waals surface area contributed by atoms with E-state index in [1.807, 2.05) is 13.0 Å². The Hall–Kier alpha value is -1.84. The van der Waals surface area contributed by atoms with Gasteiger partial charge in [-0.1, -0.05) is 6.07 Å². The average molecular weight is 237 g/mol. The van der Waals surface area contributed by atoms with Gasteiger partial charge >= 0.3 is 0 Å². The fraction of sp³-hybridized carbons (Fsp3) is 0.231. The molecule has 0 aliphatic rings. The summed E-state index contributed by atoms with van der Waals surface area (Å²) in [5.74, 6) is -0.394. The van der Waals surface area contributed by atoms with Crippen molar-refractivity contribution in [2.45, 2.75) is 19.4 Å². The molecule has 1 aromatic carbocycles. The molecule has 1 atom stereocenters. The monoisotopic (exact) mass is 237 g/mol. The minimum Gasteiger partial charge on any atom is -0.469 e. The summed E-state index contributed by atoms with van der Waals surface area (Å²) in [6.45, 7) is 1.84. The van der Waals surface area contributed by atoms with Crippen LogP contribution in [0.25, 0.3) is 0 Å². The van der Waals surface area contributed by atoms with Gasteiger partial charge in [0.25, 0.3) is 0 Å². The van der Waals surface area contributed by atoms with Crippen LogP contribution < -0.4 is 5.32 Å². The quantitative estimate of drug-likeness (QED) is 0.878. The third kappa shape index (κ3) is 2.84. The van der Waals surface area contributed by atoms with E-state index < -0.39 is 11.6 Å². The van der Waals surface area contributed by atoms with Gasteiger partial charge in [0.2, 0.25) is 0 Å². The maximum absolute atomic E-state index is 13.4. The summed E-state index contributed by atoms with van der Waals surface area (Å²) in [6.07, 6.45) is 2.15. The van der Waals surface area contributed by atoms with Crippen molar-refractivity contribution in [2.75, 3.05) is 5.32 Å². The Kier molecular flexibility index (Phi) is 3.42. The zero-order valence-corrected chi connectivity index (χ0v) is 9.41. The molecule has 0 saturated heterocycles. The Morgan fingerprint density at radius 1 is 1.18 bits per heavy atom. The molecule has 0 fully saturated rings. The summed E-state index contributed by atoms with van der Waals surface area (Å²) >= 11 is 0.